The minimum atomic E-state index is -0.764. The quantitative estimate of drug-likeness (QED) is 0.0344. The lowest BCUT2D eigenvalue weighted by molar-refractivity contribution is -0.167. The summed E-state index contributed by atoms with van der Waals surface area (Å²) in [5, 5.41) is 0. The molecule has 2 unspecified atom stereocenters. The van der Waals surface area contributed by atoms with Crippen molar-refractivity contribution in [2.24, 2.45) is 17.8 Å². The van der Waals surface area contributed by atoms with Gasteiger partial charge in [-0.05, 0) is 37.0 Å². The Morgan fingerprint density at radius 3 is 0.800 bits per heavy atom. The fourth-order valence-electron chi connectivity index (χ4n) is 8.93. The third-order valence-electron chi connectivity index (χ3n) is 14.1. The molecule has 386 valence electrons. The Labute approximate surface area is 406 Å². The summed E-state index contributed by atoms with van der Waals surface area (Å²) >= 11 is 0. The molecule has 0 fully saturated rings. The molecule has 6 heteroatoms. The molecular weight excluding hydrogens is 805 g/mol. The lowest BCUT2D eigenvalue weighted by Gasteiger charge is -2.18. The van der Waals surface area contributed by atoms with Gasteiger partial charge < -0.3 is 14.2 Å². The molecule has 0 bridgehead atoms. The molecule has 0 saturated carbocycles. The average molecular weight is 920 g/mol. The number of carbonyl (C=O) groups excluding carboxylic acids is 3. The van der Waals surface area contributed by atoms with Gasteiger partial charge in [-0.2, -0.15) is 0 Å². The first-order valence-electron chi connectivity index (χ1n) is 29.2. The summed E-state index contributed by atoms with van der Waals surface area (Å²) in [6.07, 6.45) is 52.2. The third-order valence-corrected chi connectivity index (χ3v) is 14.1. The van der Waals surface area contributed by atoms with Crippen LogP contribution in [0.5, 0.6) is 0 Å². The number of hydrogen-bond donors (Lipinski definition) is 0. The highest BCUT2D eigenvalue weighted by Gasteiger charge is 2.19. The molecule has 0 saturated heterocycles. The topological polar surface area (TPSA) is 78.9 Å². The van der Waals surface area contributed by atoms with E-state index in [1.165, 1.54) is 205 Å². The van der Waals surface area contributed by atoms with Crippen molar-refractivity contribution in [1.82, 2.24) is 0 Å². The van der Waals surface area contributed by atoms with Gasteiger partial charge in [-0.1, -0.05) is 286 Å². The minimum absolute atomic E-state index is 0.0637. The highest BCUT2D eigenvalue weighted by Crippen LogP contribution is 2.19. The molecule has 0 aromatic heterocycles. The monoisotopic (exact) mass is 919 g/mol. The van der Waals surface area contributed by atoms with Crippen LogP contribution in [0.1, 0.15) is 324 Å². The third kappa shape index (κ3) is 50.1. The van der Waals surface area contributed by atoms with Gasteiger partial charge in [0, 0.05) is 19.3 Å². The maximum Gasteiger partial charge on any atom is 0.306 e. The van der Waals surface area contributed by atoms with Gasteiger partial charge in [0.15, 0.2) is 6.10 Å². The van der Waals surface area contributed by atoms with Crippen molar-refractivity contribution in [2.75, 3.05) is 13.2 Å². The first kappa shape index (κ1) is 63.4. The molecule has 0 spiro atoms. The summed E-state index contributed by atoms with van der Waals surface area (Å²) in [5.74, 6) is 1.74. The van der Waals surface area contributed by atoms with Crippen molar-refractivity contribution in [3.63, 3.8) is 0 Å². The van der Waals surface area contributed by atoms with E-state index in [1.54, 1.807) is 0 Å². The van der Waals surface area contributed by atoms with Crippen molar-refractivity contribution in [3.8, 4) is 0 Å². The normalized spacial score (nSPS) is 13.0. The highest BCUT2D eigenvalue weighted by molar-refractivity contribution is 5.71. The van der Waals surface area contributed by atoms with Crippen molar-refractivity contribution in [2.45, 2.75) is 330 Å². The van der Waals surface area contributed by atoms with Gasteiger partial charge in [-0.3, -0.25) is 14.4 Å². The number of esters is 3. The van der Waals surface area contributed by atoms with Gasteiger partial charge in [0.05, 0.1) is 0 Å². The Bertz CT molecular complexity index is 1010. The van der Waals surface area contributed by atoms with E-state index in [2.05, 4.69) is 41.5 Å². The Hall–Kier alpha value is -1.59. The summed E-state index contributed by atoms with van der Waals surface area (Å²) in [4.78, 5) is 38.1. The van der Waals surface area contributed by atoms with E-state index < -0.39 is 6.10 Å². The minimum Gasteiger partial charge on any atom is -0.462 e. The van der Waals surface area contributed by atoms with Crippen LogP contribution in [0, 0.1) is 17.8 Å². The van der Waals surface area contributed by atoms with E-state index in [4.69, 9.17) is 14.2 Å². The van der Waals surface area contributed by atoms with Crippen molar-refractivity contribution in [3.05, 3.63) is 0 Å². The van der Waals surface area contributed by atoms with Crippen LogP contribution in [-0.4, -0.2) is 37.2 Å². The van der Waals surface area contributed by atoms with E-state index in [-0.39, 0.29) is 31.1 Å². The molecule has 0 aliphatic rings. The zero-order valence-corrected chi connectivity index (χ0v) is 44.8. The van der Waals surface area contributed by atoms with Crippen LogP contribution in [0.4, 0.5) is 0 Å². The summed E-state index contributed by atoms with van der Waals surface area (Å²) in [7, 11) is 0. The first-order chi connectivity index (χ1) is 31.7. The van der Waals surface area contributed by atoms with Crippen LogP contribution in [0.15, 0.2) is 0 Å². The van der Waals surface area contributed by atoms with Gasteiger partial charge >= 0.3 is 17.9 Å². The summed E-state index contributed by atoms with van der Waals surface area (Å²) in [6.45, 7) is 13.8. The second kappa shape index (κ2) is 50.3. The SMILES string of the molecule is CCC(C)CCCCCCCCCCCCCCCCC(=O)OC[C@@H](COC(=O)CCCCCCCCCCC(C)CC)OC(=O)CCCCCCCCCCCCCCCCC(C)C. The van der Waals surface area contributed by atoms with Gasteiger partial charge in [0.25, 0.3) is 0 Å². The largest absolute Gasteiger partial charge is 0.462 e. The number of rotatable bonds is 52. The van der Waals surface area contributed by atoms with Crippen LogP contribution < -0.4 is 0 Å². The molecule has 0 radical (unpaired) electrons. The van der Waals surface area contributed by atoms with Crippen molar-refractivity contribution < 1.29 is 28.6 Å². The molecule has 3 atom stereocenters. The lowest BCUT2D eigenvalue weighted by Crippen LogP contribution is -2.30. The molecule has 0 aromatic rings. The first-order valence-corrected chi connectivity index (χ1v) is 29.2. The van der Waals surface area contributed by atoms with Crippen molar-refractivity contribution in [1.29, 1.82) is 0 Å². The van der Waals surface area contributed by atoms with E-state index in [0.717, 1.165) is 75.5 Å². The highest BCUT2D eigenvalue weighted by atomic mass is 16.6. The van der Waals surface area contributed by atoms with E-state index in [9.17, 15) is 14.4 Å². The Morgan fingerprint density at radius 1 is 0.308 bits per heavy atom. The molecular formula is C59H114O6. The standard InChI is InChI=1S/C59H114O6/c1-7-54(5)46-40-34-28-22-18-14-10-12-15-19-23-30-36-42-48-57(60)63-51-56(52-64-58(61)49-43-37-31-26-25-29-35-41-47-55(6)8-2)65-59(62)50-44-38-32-24-20-16-11-9-13-17-21-27-33-39-45-53(3)4/h53-56H,7-52H2,1-6H3/t54?,55?,56-/m0/s1. The second-order valence-corrected chi connectivity index (χ2v) is 21.2. The second-order valence-electron chi connectivity index (χ2n) is 21.2. The summed E-state index contributed by atoms with van der Waals surface area (Å²) < 4.78 is 16.9. The summed E-state index contributed by atoms with van der Waals surface area (Å²) in [6, 6.07) is 0. The van der Waals surface area contributed by atoms with Gasteiger partial charge in [0.1, 0.15) is 13.2 Å². The number of unbranched alkanes of at least 4 members (excludes halogenated alkanes) is 33. The van der Waals surface area contributed by atoms with Gasteiger partial charge in [-0.25, -0.2) is 0 Å². The summed E-state index contributed by atoms with van der Waals surface area (Å²) in [5.41, 5.74) is 0. The number of carbonyl (C=O) groups is 3. The zero-order valence-electron chi connectivity index (χ0n) is 44.8. The van der Waals surface area contributed by atoms with Crippen LogP contribution in [0.25, 0.3) is 0 Å². The molecule has 0 amide bonds. The number of hydrogen-bond acceptors (Lipinski definition) is 6. The molecule has 0 rings (SSSR count). The molecule has 0 N–H and O–H groups in total. The molecule has 0 aromatic carbocycles. The maximum absolute atomic E-state index is 12.9. The Kier molecular flexibility index (Phi) is 49.1. The Morgan fingerprint density at radius 2 is 0.538 bits per heavy atom. The van der Waals surface area contributed by atoms with Crippen LogP contribution in [0.2, 0.25) is 0 Å². The smallest absolute Gasteiger partial charge is 0.306 e. The van der Waals surface area contributed by atoms with E-state index >= 15 is 0 Å². The van der Waals surface area contributed by atoms with Crippen LogP contribution >= 0.6 is 0 Å². The zero-order chi connectivity index (χ0) is 47.7. The molecule has 6 nitrogen and oxygen atoms in total. The van der Waals surface area contributed by atoms with E-state index in [1.807, 2.05) is 0 Å². The fraction of sp³-hybridized carbons (Fsp3) is 0.949. The fourth-order valence-corrected chi connectivity index (χ4v) is 8.93. The van der Waals surface area contributed by atoms with Gasteiger partial charge in [-0.15, -0.1) is 0 Å². The predicted molar refractivity (Wildman–Crippen MR) is 279 cm³/mol. The molecule has 65 heavy (non-hydrogen) atoms. The van der Waals surface area contributed by atoms with E-state index in [0.29, 0.717) is 19.3 Å². The van der Waals surface area contributed by atoms with Crippen molar-refractivity contribution >= 4 is 17.9 Å². The maximum atomic E-state index is 12.9. The van der Waals surface area contributed by atoms with Crippen LogP contribution in [0.3, 0.4) is 0 Å². The van der Waals surface area contributed by atoms with Gasteiger partial charge in [0.2, 0.25) is 0 Å². The molecule has 0 heterocycles. The predicted octanol–water partition coefficient (Wildman–Crippen LogP) is 19.1. The number of ether oxygens (including phenoxy) is 3. The molecule has 0 aliphatic carbocycles. The lowest BCUT2D eigenvalue weighted by atomic mass is 9.99. The van der Waals surface area contributed by atoms with Crippen LogP contribution in [-0.2, 0) is 28.6 Å². The average Bonchev–Trinajstić information content (AvgIpc) is 3.29. The Balaban J connectivity index is 4.29. The molecule has 0 aliphatic heterocycles.